The van der Waals surface area contributed by atoms with E-state index in [2.05, 4.69) is 4.74 Å². The van der Waals surface area contributed by atoms with Crippen molar-refractivity contribution in [3.05, 3.63) is 65.7 Å². The molecule has 6 nitrogen and oxygen atoms in total. The first-order valence-electron chi connectivity index (χ1n) is 7.91. The second-order valence-corrected chi connectivity index (χ2v) is 5.32. The Balaban J connectivity index is 1.84. The quantitative estimate of drug-likeness (QED) is 0.446. The van der Waals surface area contributed by atoms with Crippen LogP contribution in [0.4, 0.5) is 0 Å². The second-order valence-electron chi connectivity index (χ2n) is 5.32. The maximum atomic E-state index is 11.4. The van der Waals surface area contributed by atoms with Crippen LogP contribution in [0.25, 0.3) is 6.08 Å². The minimum absolute atomic E-state index is 0.0770. The van der Waals surface area contributed by atoms with Crippen LogP contribution in [0.3, 0.4) is 0 Å². The number of nitriles is 1. The summed E-state index contributed by atoms with van der Waals surface area (Å²) in [5.74, 6) is 0.549. The fourth-order valence-corrected chi connectivity index (χ4v) is 2.02. The topological polar surface area (TPSA) is 88.8 Å². The SMILES string of the molecule is COC(=O)/C(C#N)=C/c1ccc(OCC(O)COc2ccccc2)cc1. The van der Waals surface area contributed by atoms with E-state index in [1.807, 2.05) is 30.3 Å². The largest absolute Gasteiger partial charge is 0.491 e. The van der Waals surface area contributed by atoms with Gasteiger partial charge in [0.25, 0.3) is 0 Å². The van der Waals surface area contributed by atoms with E-state index in [0.29, 0.717) is 17.1 Å². The lowest BCUT2D eigenvalue weighted by Crippen LogP contribution is -2.25. The normalized spacial score (nSPS) is 12.0. The highest BCUT2D eigenvalue weighted by Gasteiger charge is 2.09. The van der Waals surface area contributed by atoms with Crippen molar-refractivity contribution in [2.45, 2.75) is 6.10 Å². The highest BCUT2D eigenvalue weighted by molar-refractivity contribution is 5.97. The summed E-state index contributed by atoms with van der Waals surface area (Å²) in [6.45, 7) is 0.198. The molecule has 0 saturated heterocycles. The zero-order chi connectivity index (χ0) is 18.8. The van der Waals surface area contributed by atoms with Gasteiger partial charge in [-0.15, -0.1) is 0 Å². The third-order valence-electron chi connectivity index (χ3n) is 3.34. The van der Waals surface area contributed by atoms with Gasteiger partial charge in [-0.2, -0.15) is 5.26 Å². The van der Waals surface area contributed by atoms with Crippen LogP contribution >= 0.6 is 0 Å². The van der Waals surface area contributed by atoms with Gasteiger partial charge in [-0.25, -0.2) is 4.79 Å². The maximum absolute atomic E-state index is 11.4. The van der Waals surface area contributed by atoms with Gasteiger partial charge in [0.05, 0.1) is 7.11 Å². The van der Waals surface area contributed by atoms with E-state index in [1.165, 1.54) is 13.2 Å². The van der Waals surface area contributed by atoms with E-state index >= 15 is 0 Å². The van der Waals surface area contributed by atoms with Gasteiger partial charge in [-0.1, -0.05) is 30.3 Å². The number of ether oxygens (including phenoxy) is 3. The third-order valence-corrected chi connectivity index (χ3v) is 3.34. The molecule has 6 heteroatoms. The summed E-state index contributed by atoms with van der Waals surface area (Å²) in [4.78, 5) is 11.4. The Morgan fingerprint density at radius 2 is 1.65 bits per heavy atom. The molecule has 0 spiro atoms. The predicted octanol–water partition coefficient (Wildman–Crippen LogP) is 2.59. The van der Waals surface area contributed by atoms with E-state index in [0.717, 1.165) is 0 Å². The van der Waals surface area contributed by atoms with Gasteiger partial charge in [0.2, 0.25) is 0 Å². The van der Waals surface area contributed by atoms with Crippen LogP contribution in [0, 0.1) is 11.3 Å². The second kappa shape index (κ2) is 9.87. The van der Waals surface area contributed by atoms with Gasteiger partial charge in [0.15, 0.2) is 0 Å². The Morgan fingerprint density at radius 3 is 2.19 bits per heavy atom. The van der Waals surface area contributed by atoms with E-state index < -0.39 is 12.1 Å². The molecule has 26 heavy (non-hydrogen) atoms. The Hall–Kier alpha value is -3.30. The van der Waals surface area contributed by atoms with Crippen molar-refractivity contribution in [3.8, 4) is 17.6 Å². The van der Waals surface area contributed by atoms with Gasteiger partial charge in [0, 0.05) is 0 Å². The van der Waals surface area contributed by atoms with Crippen LogP contribution in [0.2, 0.25) is 0 Å². The van der Waals surface area contributed by atoms with Crippen LogP contribution in [0.1, 0.15) is 5.56 Å². The molecule has 0 fully saturated rings. The summed E-state index contributed by atoms with van der Waals surface area (Å²) >= 11 is 0. The number of carbonyl (C=O) groups is 1. The number of nitrogens with zero attached hydrogens (tertiary/aromatic N) is 1. The maximum Gasteiger partial charge on any atom is 0.348 e. The van der Waals surface area contributed by atoms with Crippen LogP contribution in [0.15, 0.2) is 60.2 Å². The first-order valence-corrected chi connectivity index (χ1v) is 7.91. The zero-order valence-electron chi connectivity index (χ0n) is 14.3. The number of esters is 1. The molecule has 0 saturated carbocycles. The lowest BCUT2D eigenvalue weighted by Gasteiger charge is -2.13. The van der Waals surface area contributed by atoms with Gasteiger partial charge in [0.1, 0.15) is 42.5 Å². The van der Waals surface area contributed by atoms with Crippen LogP contribution in [-0.2, 0) is 9.53 Å². The predicted molar refractivity (Wildman–Crippen MR) is 95.5 cm³/mol. The van der Waals surface area contributed by atoms with Crippen molar-refractivity contribution < 1.29 is 24.1 Å². The third kappa shape index (κ3) is 5.96. The number of rotatable bonds is 8. The van der Waals surface area contributed by atoms with E-state index in [-0.39, 0.29) is 18.8 Å². The molecule has 0 heterocycles. The number of aliphatic hydroxyl groups excluding tert-OH is 1. The zero-order valence-corrected chi connectivity index (χ0v) is 14.3. The summed E-state index contributed by atoms with van der Waals surface area (Å²) < 4.78 is 15.5. The van der Waals surface area contributed by atoms with Crippen molar-refractivity contribution in [1.29, 1.82) is 5.26 Å². The minimum Gasteiger partial charge on any atom is -0.491 e. The van der Waals surface area contributed by atoms with Gasteiger partial charge in [-0.05, 0) is 35.9 Å². The van der Waals surface area contributed by atoms with Crippen molar-refractivity contribution in [2.75, 3.05) is 20.3 Å². The summed E-state index contributed by atoms with van der Waals surface area (Å²) in [5.41, 5.74) is 0.571. The Kier molecular flexibility index (Phi) is 7.22. The van der Waals surface area contributed by atoms with Crippen LogP contribution in [-0.4, -0.2) is 37.5 Å². The Labute approximate surface area is 151 Å². The minimum atomic E-state index is -0.778. The molecule has 1 atom stereocenters. The number of methoxy groups -OCH3 is 1. The van der Waals surface area contributed by atoms with Gasteiger partial charge >= 0.3 is 5.97 Å². The molecule has 1 unspecified atom stereocenters. The van der Waals surface area contributed by atoms with E-state index in [9.17, 15) is 9.90 Å². The molecule has 0 aromatic heterocycles. The monoisotopic (exact) mass is 353 g/mol. The molecule has 0 aliphatic heterocycles. The number of hydrogen-bond donors (Lipinski definition) is 1. The van der Waals surface area contributed by atoms with E-state index in [4.69, 9.17) is 14.7 Å². The summed E-state index contributed by atoms with van der Waals surface area (Å²) in [6.07, 6.45) is 0.650. The summed E-state index contributed by atoms with van der Waals surface area (Å²) in [6, 6.07) is 17.8. The van der Waals surface area contributed by atoms with Crippen molar-refractivity contribution >= 4 is 12.0 Å². The first kappa shape index (κ1) is 19.0. The number of aliphatic hydroxyl groups is 1. The molecule has 0 aliphatic carbocycles. The Morgan fingerprint density at radius 1 is 1.08 bits per heavy atom. The van der Waals surface area contributed by atoms with Crippen molar-refractivity contribution in [2.24, 2.45) is 0 Å². The lowest BCUT2D eigenvalue weighted by atomic mass is 10.1. The number of benzene rings is 2. The highest BCUT2D eigenvalue weighted by Crippen LogP contribution is 2.15. The lowest BCUT2D eigenvalue weighted by molar-refractivity contribution is -0.135. The van der Waals surface area contributed by atoms with Crippen LogP contribution < -0.4 is 9.47 Å². The van der Waals surface area contributed by atoms with Gasteiger partial charge in [-0.3, -0.25) is 0 Å². The Bertz CT molecular complexity index is 778. The molecule has 0 bridgehead atoms. The molecule has 0 amide bonds. The van der Waals surface area contributed by atoms with Gasteiger partial charge < -0.3 is 19.3 Å². The summed E-state index contributed by atoms with van der Waals surface area (Å²) in [5, 5.41) is 18.9. The molecular formula is C20H19NO5. The molecular weight excluding hydrogens is 334 g/mol. The molecule has 2 rings (SSSR count). The van der Waals surface area contributed by atoms with Crippen molar-refractivity contribution in [3.63, 3.8) is 0 Å². The highest BCUT2D eigenvalue weighted by atomic mass is 16.5. The fourth-order valence-electron chi connectivity index (χ4n) is 2.02. The molecule has 134 valence electrons. The molecule has 2 aromatic carbocycles. The molecule has 2 aromatic rings. The molecule has 0 radical (unpaired) electrons. The molecule has 1 N–H and O–H groups in total. The number of para-hydroxylation sites is 1. The smallest absolute Gasteiger partial charge is 0.348 e. The van der Waals surface area contributed by atoms with Crippen LogP contribution in [0.5, 0.6) is 11.5 Å². The standard InChI is InChI=1S/C20H19NO5/c1-24-20(23)16(12-21)11-15-7-9-19(10-8-15)26-14-17(22)13-25-18-5-3-2-4-6-18/h2-11,17,22H,13-14H2,1H3/b16-11+. The van der Waals surface area contributed by atoms with Crippen molar-refractivity contribution in [1.82, 2.24) is 0 Å². The average Bonchev–Trinajstić information content (AvgIpc) is 2.70. The summed E-state index contributed by atoms with van der Waals surface area (Å²) in [7, 11) is 1.22. The van der Waals surface area contributed by atoms with E-state index in [1.54, 1.807) is 30.3 Å². The molecule has 0 aliphatic rings. The first-order chi connectivity index (χ1) is 12.6. The average molecular weight is 353 g/mol. The number of carbonyl (C=O) groups excluding carboxylic acids is 1. The fraction of sp³-hybridized carbons (Fsp3) is 0.200. The number of hydrogen-bond acceptors (Lipinski definition) is 6.